The van der Waals surface area contributed by atoms with Crippen molar-refractivity contribution in [2.45, 2.75) is 13.0 Å². The summed E-state index contributed by atoms with van der Waals surface area (Å²) in [4.78, 5) is 11.9. The fourth-order valence-electron chi connectivity index (χ4n) is 1.71. The Labute approximate surface area is 133 Å². The number of hydrogen-bond donors (Lipinski definition) is 1. The minimum Gasteiger partial charge on any atom is -0.481 e. The van der Waals surface area contributed by atoms with E-state index in [1.807, 2.05) is 6.07 Å². The molecule has 0 saturated carbocycles. The highest BCUT2D eigenvalue weighted by Crippen LogP contribution is 2.13. The molecule has 0 saturated heterocycles. The molecule has 116 valence electrons. The molecule has 0 radical (unpaired) electrons. The molecule has 0 fully saturated rings. The number of amides is 1. The number of nitrogens with zero attached hydrogens (tertiary/aromatic N) is 2. The normalized spacial score (nSPS) is 11.7. The van der Waals surface area contributed by atoms with E-state index in [2.05, 4.69) is 10.5 Å². The molecule has 23 heavy (non-hydrogen) atoms. The van der Waals surface area contributed by atoms with Gasteiger partial charge in [0.25, 0.3) is 5.91 Å². The number of nitrogens with one attached hydrogen (secondary N) is 1. The van der Waals surface area contributed by atoms with Crippen LogP contribution in [0.3, 0.4) is 0 Å². The summed E-state index contributed by atoms with van der Waals surface area (Å²) in [5.41, 5.74) is 3.37. The van der Waals surface area contributed by atoms with E-state index in [1.165, 1.54) is 18.3 Å². The van der Waals surface area contributed by atoms with Gasteiger partial charge in [-0.3, -0.25) is 4.79 Å². The van der Waals surface area contributed by atoms with Gasteiger partial charge < -0.3 is 4.74 Å². The molecular weight excluding hydrogens is 297 g/mol. The van der Waals surface area contributed by atoms with E-state index in [4.69, 9.17) is 10.00 Å². The van der Waals surface area contributed by atoms with E-state index in [1.54, 1.807) is 43.3 Å². The Kier molecular flexibility index (Phi) is 5.42. The lowest BCUT2D eigenvalue weighted by Crippen LogP contribution is -2.33. The number of halogens is 1. The third-order valence-electron chi connectivity index (χ3n) is 2.90. The molecule has 5 nitrogen and oxygen atoms in total. The lowest BCUT2D eigenvalue weighted by molar-refractivity contribution is -0.127. The molecule has 2 rings (SSSR count). The van der Waals surface area contributed by atoms with Crippen LogP contribution in [-0.2, 0) is 4.79 Å². The van der Waals surface area contributed by atoms with Crippen molar-refractivity contribution in [1.29, 1.82) is 5.26 Å². The number of rotatable bonds is 5. The first-order valence-corrected chi connectivity index (χ1v) is 6.84. The van der Waals surface area contributed by atoms with Gasteiger partial charge in [-0.25, -0.2) is 9.82 Å². The summed E-state index contributed by atoms with van der Waals surface area (Å²) in [6.07, 6.45) is 0.572. The predicted octanol–water partition coefficient (Wildman–Crippen LogP) is 2.61. The van der Waals surface area contributed by atoms with Gasteiger partial charge in [-0.05, 0) is 48.9 Å². The number of hydrogen-bond acceptors (Lipinski definition) is 4. The summed E-state index contributed by atoms with van der Waals surface area (Å²) < 4.78 is 18.4. The average Bonchev–Trinajstić information content (AvgIpc) is 2.55. The van der Waals surface area contributed by atoms with E-state index >= 15 is 0 Å². The zero-order valence-corrected chi connectivity index (χ0v) is 12.4. The van der Waals surface area contributed by atoms with Crippen LogP contribution >= 0.6 is 0 Å². The van der Waals surface area contributed by atoms with Crippen LogP contribution in [0.5, 0.6) is 5.75 Å². The summed E-state index contributed by atoms with van der Waals surface area (Å²) in [5.74, 6) is -0.347. The van der Waals surface area contributed by atoms with Crippen LogP contribution in [0.15, 0.2) is 53.6 Å². The lowest BCUT2D eigenvalue weighted by Gasteiger charge is -2.12. The summed E-state index contributed by atoms with van der Waals surface area (Å²) >= 11 is 0. The number of carbonyl (C=O) groups excluding carboxylic acids is 1. The molecule has 0 aromatic heterocycles. The van der Waals surface area contributed by atoms with Crippen molar-refractivity contribution in [1.82, 2.24) is 5.43 Å². The minimum atomic E-state index is -0.771. The van der Waals surface area contributed by atoms with Gasteiger partial charge >= 0.3 is 0 Å². The number of ether oxygens (including phenoxy) is 1. The van der Waals surface area contributed by atoms with Crippen molar-refractivity contribution in [3.05, 3.63) is 65.5 Å². The topological polar surface area (TPSA) is 74.5 Å². The van der Waals surface area contributed by atoms with Crippen molar-refractivity contribution in [2.24, 2.45) is 5.10 Å². The molecule has 0 aliphatic heterocycles. The third-order valence-corrected chi connectivity index (χ3v) is 2.90. The fraction of sp³-hybridized carbons (Fsp3) is 0.118. The summed E-state index contributed by atoms with van der Waals surface area (Å²) in [6, 6.07) is 14.2. The molecule has 1 amide bonds. The van der Waals surface area contributed by atoms with Crippen molar-refractivity contribution >= 4 is 12.1 Å². The first-order chi connectivity index (χ1) is 11.1. The molecule has 1 atom stereocenters. The molecule has 2 aromatic rings. The smallest absolute Gasteiger partial charge is 0.280 e. The number of hydrazone groups is 1. The van der Waals surface area contributed by atoms with Gasteiger partial charge in [0.05, 0.1) is 17.8 Å². The van der Waals surface area contributed by atoms with Gasteiger partial charge in [0.2, 0.25) is 0 Å². The van der Waals surface area contributed by atoms with E-state index in [-0.39, 0.29) is 5.82 Å². The Hall–Kier alpha value is -3.20. The molecule has 0 bridgehead atoms. The molecule has 0 heterocycles. The van der Waals surface area contributed by atoms with Crippen LogP contribution in [-0.4, -0.2) is 18.2 Å². The molecule has 0 aliphatic carbocycles. The van der Waals surface area contributed by atoms with Gasteiger partial charge in [-0.15, -0.1) is 0 Å². The van der Waals surface area contributed by atoms with Crippen LogP contribution in [0.25, 0.3) is 0 Å². The minimum absolute atomic E-state index is 0.377. The number of nitriles is 1. The molecule has 0 aliphatic rings. The van der Waals surface area contributed by atoms with Crippen LogP contribution in [0, 0.1) is 17.1 Å². The Morgan fingerprint density at radius 2 is 2.09 bits per heavy atom. The van der Waals surface area contributed by atoms with Crippen LogP contribution in [0.4, 0.5) is 4.39 Å². The molecular formula is C17H14FN3O2. The van der Waals surface area contributed by atoms with E-state index in [0.717, 1.165) is 0 Å². The predicted molar refractivity (Wildman–Crippen MR) is 83.4 cm³/mol. The second kappa shape index (κ2) is 7.71. The third kappa shape index (κ3) is 4.93. The Bertz CT molecular complexity index is 751. The van der Waals surface area contributed by atoms with Crippen LogP contribution in [0.1, 0.15) is 18.1 Å². The number of benzene rings is 2. The van der Waals surface area contributed by atoms with Crippen molar-refractivity contribution in [3.8, 4) is 11.8 Å². The molecule has 1 unspecified atom stereocenters. The average molecular weight is 311 g/mol. The highest BCUT2D eigenvalue weighted by atomic mass is 19.1. The summed E-state index contributed by atoms with van der Waals surface area (Å²) in [5, 5.41) is 12.5. The quantitative estimate of drug-likeness (QED) is 0.681. The van der Waals surface area contributed by atoms with Crippen molar-refractivity contribution in [3.63, 3.8) is 0 Å². The van der Waals surface area contributed by atoms with E-state index in [9.17, 15) is 9.18 Å². The first-order valence-electron chi connectivity index (χ1n) is 6.84. The van der Waals surface area contributed by atoms with Crippen molar-refractivity contribution in [2.75, 3.05) is 0 Å². The maximum absolute atomic E-state index is 13.0. The second-order valence-corrected chi connectivity index (χ2v) is 4.69. The SMILES string of the molecule is CC(Oc1ccc(C#N)cc1)C(=O)NN=Cc1cccc(F)c1. The lowest BCUT2D eigenvalue weighted by atomic mass is 10.2. The summed E-state index contributed by atoms with van der Waals surface area (Å²) in [7, 11) is 0. The zero-order chi connectivity index (χ0) is 16.7. The highest BCUT2D eigenvalue weighted by molar-refractivity contribution is 5.84. The summed E-state index contributed by atoms with van der Waals surface area (Å²) in [6.45, 7) is 1.57. The van der Waals surface area contributed by atoms with Gasteiger partial charge in [-0.2, -0.15) is 10.4 Å². The van der Waals surface area contributed by atoms with Gasteiger partial charge in [-0.1, -0.05) is 12.1 Å². The van der Waals surface area contributed by atoms with Gasteiger partial charge in [0.15, 0.2) is 6.10 Å². The van der Waals surface area contributed by atoms with Gasteiger partial charge in [0.1, 0.15) is 11.6 Å². The second-order valence-electron chi connectivity index (χ2n) is 4.69. The molecule has 6 heteroatoms. The maximum atomic E-state index is 13.0. The maximum Gasteiger partial charge on any atom is 0.280 e. The monoisotopic (exact) mass is 311 g/mol. The van der Waals surface area contributed by atoms with Crippen molar-refractivity contribution < 1.29 is 13.9 Å². The standard InChI is InChI=1S/C17H14FN3O2/c1-12(23-16-7-5-13(10-19)6-8-16)17(22)21-20-11-14-3-2-4-15(18)9-14/h2-9,11-12H,1H3,(H,21,22). The van der Waals surface area contributed by atoms with Gasteiger partial charge in [0, 0.05) is 0 Å². The fourth-order valence-corrected chi connectivity index (χ4v) is 1.71. The van der Waals surface area contributed by atoms with E-state index < -0.39 is 12.0 Å². The Morgan fingerprint density at radius 1 is 1.35 bits per heavy atom. The molecule has 0 spiro atoms. The first kappa shape index (κ1) is 16.2. The highest BCUT2D eigenvalue weighted by Gasteiger charge is 2.13. The largest absolute Gasteiger partial charge is 0.481 e. The van der Waals surface area contributed by atoms with Crippen LogP contribution in [0.2, 0.25) is 0 Å². The van der Waals surface area contributed by atoms with Crippen LogP contribution < -0.4 is 10.2 Å². The molecule has 1 N–H and O–H groups in total. The zero-order valence-electron chi connectivity index (χ0n) is 12.4. The number of carbonyl (C=O) groups is 1. The van der Waals surface area contributed by atoms with E-state index in [0.29, 0.717) is 16.9 Å². The molecule has 2 aromatic carbocycles. The Balaban J connectivity index is 1.88. The Morgan fingerprint density at radius 3 is 2.74 bits per heavy atom.